The highest BCUT2D eigenvalue weighted by atomic mass is 19.4. The molecule has 5 nitrogen and oxygen atoms in total. The molecule has 0 spiro atoms. The fourth-order valence-electron chi connectivity index (χ4n) is 5.11. The monoisotopic (exact) mass is 481 g/mol. The van der Waals surface area contributed by atoms with Gasteiger partial charge in [0.15, 0.2) is 0 Å². The number of rotatable bonds is 4. The number of fused-ring (bicyclic) bond motifs is 3. The van der Waals surface area contributed by atoms with Gasteiger partial charge >= 0.3 is 6.18 Å². The number of nitrogens with one attached hydrogen (secondary N) is 1. The summed E-state index contributed by atoms with van der Waals surface area (Å²) in [5.41, 5.74) is 2.30. The fraction of sp³-hybridized carbons (Fsp3) is 0.296. The van der Waals surface area contributed by atoms with Crippen LogP contribution in [0.1, 0.15) is 11.1 Å². The first-order valence-electron chi connectivity index (χ1n) is 11.5. The van der Waals surface area contributed by atoms with Gasteiger partial charge < -0.3 is 19.9 Å². The van der Waals surface area contributed by atoms with Crippen molar-refractivity contribution in [2.45, 2.75) is 18.6 Å². The van der Waals surface area contributed by atoms with Gasteiger partial charge in [0, 0.05) is 42.8 Å². The van der Waals surface area contributed by atoms with Crippen molar-refractivity contribution < 1.29 is 22.7 Å². The lowest BCUT2D eigenvalue weighted by molar-refractivity contribution is -0.137. The number of ether oxygens (including phenoxy) is 1. The number of carbonyl (C=O) groups excluding carboxylic acids is 1. The Bertz CT molecular complexity index is 1220. The molecule has 1 saturated heterocycles. The van der Waals surface area contributed by atoms with E-state index in [0.29, 0.717) is 36.6 Å². The number of nitrogens with zero attached hydrogens (tertiary/aromatic N) is 2. The second kappa shape index (κ2) is 9.17. The van der Waals surface area contributed by atoms with Crippen molar-refractivity contribution in [1.29, 1.82) is 0 Å². The number of halogens is 3. The van der Waals surface area contributed by atoms with Crippen molar-refractivity contribution in [2.75, 3.05) is 41.9 Å². The van der Waals surface area contributed by atoms with Crippen molar-refractivity contribution in [3.05, 3.63) is 83.9 Å². The van der Waals surface area contributed by atoms with Gasteiger partial charge in [0.2, 0.25) is 5.91 Å². The highest BCUT2D eigenvalue weighted by molar-refractivity contribution is 5.94. The Morgan fingerprint density at radius 3 is 2.54 bits per heavy atom. The van der Waals surface area contributed by atoms with Gasteiger partial charge in [0.25, 0.3) is 0 Å². The number of amides is 1. The summed E-state index contributed by atoms with van der Waals surface area (Å²) < 4.78 is 45.5. The van der Waals surface area contributed by atoms with Gasteiger partial charge in [-0.05, 0) is 54.4 Å². The molecule has 182 valence electrons. The third kappa shape index (κ3) is 4.65. The average Bonchev–Trinajstić information content (AvgIpc) is 2.87. The van der Waals surface area contributed by atoms with Gasteiger partial charge in [-0.25, -0.2) is 0 Å². The Morgan fingerprint density at radius 1 is 1.00 bits per heavy atom. The van der Waals surface area contributed by atoms with Crippen molar-refractivity contribution in [2.24, 2.45) is 5.92 Å². The van der Waals surface area contributed by atoms with Gasteiger partial charge in [-0.15, -0.1) is 0 Å². The average molecular weight is 482 g/mol. The Hall–Kier alpha value is -3.68. The number of piperazine rings is 1. The second-order valence-electron chi connectivity index (χ2n) is 8.92. The van der Waals surface area contributed by atoms with Crippen molar-refractivity contribution in [3.8, 4) is 5.75 Å². The van der Waals surface area contributed by atoms with Crippen LogP contribution in [0, 0.1) is 5.92 Å². The molecule has 2 atom stereocenters. The number of hydrogen-bond donors (Lipinski definition) is 1. The predicted molar refractivity (Wildman–Crippen MR) is 130 cm³/mol. The lowest BCUT2D eigenvalue weighted by atomic mass is 9.82. The third-order valence-electron chi connectivity index (χ3n) is 6.83. The maximum Gasteiger partial charge on any atom is 0.416 e. The van der Waals surface area contributed by atoms with Crippen LogP contribution in [-0.4, -0.2) is 38.7 Å². The topological polar surface area (TPSA) is 44.8 Å². The van der Waals surface area contributed by atoms with E-state index in [1.165, 1.54) is 6.07 Å². The highest BCUT2D eigenvalue weighted by Gasteiger charge is 2.42. The second-order valence-corrected chi connectivity index (χ2v) is 8.92. The summed E-state index contributed by atoms with van der Waals surface area (Å²) in [6, 6.07) is 20.7. The summed E-state index contributed by atoms with van der Waals surface area (Å²) in [6.45, 7) is 1.92. The first-order valence-corrected chi connectivity index (χ1v) is 11.5. The number of hydrogen-bond acceptors (Lipinski definition) is 4. The summed E-state index contributed by atoms with van der Waals surface area (Å²) >= 11 is 0. The van der Waals surface area contributed by atoms with Crippen molar-refractivity contribution in [1.82, 2.24) is 0 Å². The maximum atomic E-state index is 13.5. The molecule has 35 heavy (non-hydrogen) atoms. The van der Waals surface area contributed by atoms with Crippen molar-refractivity contribution in [3.63, 3.8) is 0 Å². The molecule has 0 radical (unpaired) electrons. The number of alkyl halides is 3. The van der Waals surface area contributed by atoms with Gasteiger partial charge in [0.1, 0.15) is 5.75 Å². The zero-order chi connectivity index (χ0) is 24.6. The van der Waals surface area contributed by atoms with Crippen LogP contribution in [0.3, 0.4) is 0 Å². The smallest absolute Gasteiger partial charge is 0.416 e. The number of benzene rings is 3. The Labute approximate surface area is 202 Å². The minimum atomic E-state index is -4.43. The molecular weight excluding hydrogens is 455 g/mol. The van der Waals surface area contributed by atoms with E-state index in [4.69, 9.17) is 4.74 Å². The fourth-order valence-corrected chi connectivity index (χ4v) is 5.11. The molecule has 8 heteroatoms. The minimum absolute atomic E-state index is 0.182. The predicted octanol–water partition coefficient (Wildman–Crippen LogP) is 5.22. The van der Waals surface area contributed by atoms with E-state index in [0.717, 1.165) is 17.4 Å². The molecule has 1 fully saturated rings. The Morgan fingerprint density at radius 2 is 1.80 bits per heavy atom. The molecule has 2 heterocycles. The van der Waals surface area contributed by atoms with Gasteiger partial charge in [-0.2, -0.15) is 13.2 Å². The van der Waals surface area contributed by atoms with Crippen LogP contribution in [0.5, 0.6) is 5.75 Å². The number of methoxy groups -OCH3 is 1. The quantitative estimate of drug-likeness (QED) is 0.555. The van der Waals surface area contributed by atoms with E-state index in [2.05, 4.69) is 15.1 Å². The van der Waals surface area contributed by atoms with Crippen LogP contribution >= 0.6 is 0 Å². The van der Waals surface area contributed by atoms with E-state index in [1.54, 1.807) is 37.4 Å². The molecule has 0 bridgehead atoms. The zero-order valence-corrected chi connectivity index (χ0v) is 19.3. The highest BCUT2D eigenvalue weighted by Crippen LogP contribution is 2.40. The maximum absolute atomic E-state index is 13.5. The standard InChI is InChI=1S/C27H26F3N3O2/c1-35-22-9-5-6-20(16-22)31-26(34)23-15-18-14-19(27(28,29)30)10-11-24(18)33-13-12-32(17-25(23)33)21-7-3-2-4-8-21/h2-11,14,16,23,25H,12-13,15,17H2,1H3,(H,31,34)/t23-,25-/m1/s1. The van der Waals surface area contributed by atoms with Crippen LogP contribution in [0.2, 0.25) is 0 Å². The molecule has 0 unspecified atom stereocenters. The van der Waals surface area contributed by atoms with Crippen LogP contribution in [-0.2, 0) is 17.4 Å². The molecule has 0 aliphatic carbocycles. The minimum Gasteiger partial charge on any atom is -0.497 e. The summed E-state index contributed by atoms with van der Waals surface area (Å²) in [6.07, 6.45) is -4.20. The molecule has 3 aromatic carbocycles. The number of carbonyl (C=O) groups is 1. The van der Waals surface area contributed by atoms with E-state index in [1.807, 2.05) is 30.3 Å². The molecule has 0 aromatic heterocycles. The van der Waals surface area contributed by atoms with Gasteiger partial charge in [-0.3, -0.25) is 4.79 Å². The van der Waals surface area contributed by atoms with Gasteiger partial charge in [-0.1, -0.05) is 24.3 Å². The zero-order valence-electron chi connectivity index (χ0n) is 19.3. The summed E-state index contributed by atoms with van der Waals surface area (Å²) in [4.78, 5) is 17.9. The summed E-state index contributed by atoms with van der Waals surface area (Å²) in [7, 11) is 1.55. The molecule has 2 aliphatic heterocycles. The van der Waals surface area contributed by atoms with Crippen molar-refractivity contribution >= 4 is 23.0 Å². The molecule has 3 aromatic rings. The number of para-hydroxylation sites is 1. The SMILES string of the molecule is COc1cccc(NC(=O)[C@@H]2Cc3cc(C(F)(F)F)ccc3N3CCN(c4ccccc4)C[C@H]23)c1. The van der Waals surface area contributed by atoms with E-state index in [-0.39, 0.29) is 18.4 Å². The molecule has 2 aliphatic rings. The van der Waals surface area contributed by atoms with Crippen LogP contribution in [0.15, 0.2) is 72.8 Å². The Balaban J connectivity index is 1.48. The largest absolute Gasteiger partial charge is 0.497 e. The van der Waals surface area contributed by atoms with Crippen LogP contribution in [0.25, 0.3) is 0 Å². The molecule has 0 saturated carbocycles. The summed E-state index contributed by atoms with van der Waals surface area (Å²) in [5.74, 6) is -0.129. The van der Waals surface area contributed by atoms with Crippen LogP contribution < -0.4 is 19.9 Å². The molecular formula is C27H26F3N3O2. The lowest BCUT2D eigenvalue weighted by Crippen LogP contribution is -2.60. The van der Waals surface area contributed by atoms with Crippen LogP contribution in [0.4, 0.5) is 30.2 Å². The molecule has 1 N–H and O–H groups in total. The Kier molecular flexibility index (Phi) is 6.05. The number of anilines is 3. The van der Waals surface area contributed by atoms with E-state index < -0.39 is 17.7 Å². The molecule has 5 rings (SSSR count). The van der Waals surface area contributed by atoms with Gasteiger partial charge in [0.05, 0.1) is 24.6 Å². The van der Waals surface area contributed by atoms with E-state index in [9.17, 15) is 18.0 Å². The molecule has 1 amide bonds. The first-order chi connectivity index (χ1) is 16.8. The lowest BCUT2D eigenvalue weighted by Gasteiger charge is -2.49. The van der Waals surface area contributed by atoms with E-state index >= 15 is 0 Å². The third-order valence-corrected chi connectivity index (χ3v) is 6.83. The summed E-state index contributed by atoms with van der Waals surface area (Å²) in [5, 5.41) is 2.96. The first kappa shape index (κ1) is 23.1. The normalized spacial score (nSPS) is 19.5.